The van der Waals surface area contributed by atoms with E-state index in [-0.39, 0.29) is 11.4 Å². The molecule has 5 rings (SSSR count). The second-order valence-electron chi connectivity index (χ2n) is 8.10. The van der Waals surface area contributed by atoms with Crippen molar-refractivity contribution in [3.05, 3.63) is 46.7 Å². The van der Waals surface area contributed by atoms with Gasteiger partial charge in [-0.05, 0) is 49.3 Å². The van der Waals surface area contributed by atoms with E-state index >= 15 is 0 Å². The van der Waals surface area contributed by atoms with Crippen molar-refractivity contribution in [2.45, 2.75) is 50.1 Å². The lowest BCUT2D eigenvalue weighted by molar-refractivity contribution is 0.0699. The van der Waals surface area contributed by atoms with Crippen LogP contribution in [0.25, 0.3) is 0 Å². The number of thiophene rings is 1. The van der Waals surface area contributed by atoms with Gasteiger partial charge in [-0.3, -0.25) is 9.79 Å². The van der Waals surface area contributed by atoms with Crippen LogP contribution in [0, 0.1) is 0 Å². The molecule has 1 aromatic heterocycles. The minimum absolute atomic E-state index is 0.134. The van der Waals surface area contributed by atoms with E-state index in [9.17, 15) is 4.79 Å². The van der Waals surface area contributed by atoms with Crippen molar-refractivity contribution in [1.29, 1.82) is 0 Å². The van der Waals surface area contributed by atoms with Crippen molar-refractivity contribution in [2.24, 2.45) is 4.99 Å². The Kier molecular flexibility index (Phi) is 4.59. The van der Waals surface area contributed by atoms with Crippen LogP contribution in [0.3, 0.4) is 0 Å². The van der Waals surface area contributed by atoms with Gasteiger partial charge < -0.3 is 15.5 Å². The third kappa shape index (κ3) is 3.20. The zero-order valence-electron chi connectivity index (χ0n) is 16.0. The molecule has 2 fully saturated rings. The molecule has 2 aromatic rings. The Labute approximate surface area is 169 Å². The predicted molar refractivity (Wildman–Crippen MR) is 116 cm³/mol. The molecule has 1 aromatic carbocycles. The van der Waals surface area contributed by atoms with Gasteiger partial charge in [0.25, 0.3) is 5.91 Å². The average molecular weight is 395 g/mol. The second-order valence-corrected chi connectivity index (χ2v) is 9.05. The number of benzene rings is 1. The molecule has 1 unspecified atom stereocenters. The molecular formula is C22H26N4OS. The number of amidine groups is 1. The van der Waals surface area contributed by atoms with Crippen LogP contribution in [0.4, 0.5) is 11.4 Å². The van der Waals surface area contributed by atoms with E-state index in [1.54, 1.807) is 0 Å². The quantitative estimate of drug-likeness (QED) is 0.783. The monoisotopic (exact) mass is 394 g/mol. The highest BCUT2D eigenvalue weighted by Crippen LogP contribution is 2.37. The highest BCUT2D eigenvalue weighted by molar-refractivity contribution is 7.12. The molecule has 0 radical (unpaired) electrons. The summed E-state index contributed by atoms with van der Waals surface area (Å²) in [6.07, 6.45) is 6.82. The van der Waals surface area contributed by atoms with Crippen LogP contribution in [-0.4, -0.2) is 41.3 Å². The average Bonchev–Trinajstić information content (AvgIpc) is 3.42. The first-order chi connectivity index (χ1) is 13.7. The van der Waals surface area contributed by atoms with Crippen LogP contribution in [0.1, 0.15) is 48.2 Å². The van der Waals surface area contributed by atoms with E-state index in [4.69, 9.17) is 4.99 Å². The zero-order chi connectivity index (χ0) is 19.0. The van der Waals surface area contributed by atoms with Crippen molar-refractivity contribution in [1.82, 2.24) is 4.90 Å². The molecule has 1 atom stereocenters. The van der Waals surface area contributed by atoms with E-state index in [1.165, 1.54) is 37.0 Å². The highest BCUT2D eigenvalue weighted by atomic mass is 32.1. The minimum atomic E-state index is -0.331. The summed E-state index contributed by atoms with van der Waals surface area (Å²) in [4.78, 5) is 21.0. The third-order valence-electron chi connectivity index (χ3n) is 6.16. The predicted octanol–water partition coefficient (Wildman–Crippen LogP) is 4.60. The van der Waals surface area contributed by atoms with Crippen LogP contribution < -0.4 is 10.6 Å². The number of rotatable bonds is 2. The summed E-state index contributed by atoms with van der Waals surface area (Å²) in [6.45, 7) is 1.45. The van der Waals surface area contributed by atoms with Gasteiger partial charge >= 0.3 is 0 Å². The van der Waals surface area contributed by atoms with Gasteiger partial charge in [-0.15, -0.1) is 11.3 Å². The molecule has 0 bridgehead atoms. The topological polar surface area (TPSA) is 56.7 Å². The number of fused-ring (bicyclic) bond motifs is 1. The fourth-order valence-corrected chi connectivity index (χ4v) is 5.41. The maximum absolute atomic E-state index is 13.0. The molecular weight excluding hydrogens is 368 g/mol. The number of anilines is 2. The summed E-state index contributed by atoms with van der Waals surface area (Å²) < 4.78 is 0. The number of amides is 1. The Morgan fingerprint density at radius 3 is 2.71 bits per heavy atom. The number of hydrogen-bond donors (Lipinski definition) is 2. The number of nitrogens with zero attached hydrogens (tertiary/aromatic N) is 2. The van der Waals surface area contributed by atoms with Crippen LogP contribution in [0.15, 0.2) is 46.8 Å². The lowest BCUT2D eigenvalue weighted by atomic mass is 9.85. The summed E-state index contributed by atoms with van der Waals surface area (Å²) >= 11 is 1.52. The molecule has 1 amide bonds. The number of hydrogen-bond acceptors (Lipinski definition) is 4. The molecule has 3 heterocycles. The first-order valence-corrected chi connectivity index (χ1v) is 11.2. The Morgan fingerprint density at radius 2 is 1.93 bits per heavy atom. The fraction of sp³-hybridized carbons (Fsp3) is 0.455. The van der Waals surface area contributed by atoms with Crippen molar-refractivity contribution < 1.29 is 4.79 Å². The molecule has 3 aliphatic rings. The maximum Gasteiger partial charge on any atom is 0.264 e. The van der Waals surface area contributed by atoms with Crippen LogP contribution in [0.2, 0.25) is 0 Å². The summed E-state index contributed by atoms with van der Waals surface area (Å²) in [5, 5.41) is 9.38. The molecule has 2 N–H and O–H groups in total. The lowest BCUT2D eigenvalue weighted by Gasteiger charge is -2.47. The van der Waals surface area contributed by atoms with E-state index in [0.29, 0.717) is 12.6 Å². The number of piperidine rings is 1. The first kappa shape index (κ1) is 17.7. The normalized spacial score (nSPS) is 26.1. The Balaban J connectivity index is 1.49. The molecule has 1 spiro atoms. The lowest BCUT2D eigenvalue weighted by Crippen LogP contribution is -2.62. The van der Waals surface area contributed by atoms with Crippen molar-refractivity contribution in [3.8, 4) is 0 Å². The summed E-state index contributed by atoms with van der Waals surface area (Å²) in [5.41, 5.74) is 1.84. The van der Waals surface area contributed by atoms with Gasteiger partial charge in [0.15, 0.2) is 0 Å². The SMILES string of the molecule is O=C(c1cccs1)N1CCCC2(C1)Nc1ccccc1NC2=NC1CCCC1. The molecule has 6 heteroatoms. The van der Waals surface area contributed by atoms with Gasteiger partial charge in [0.05, 0.1) is 28.8 Å². The molecule has 1 saturated carbocycles. The Bertz CT molecular complexity index is 888. The molecule has 1 saturated heterocycles. The molecule has 5 nitrogen and oxygen atoms in total. The summed E-state index contributed by atoms with van der Waals surface area (Å²) in [6, 6.07) is 12.6. The van der Waals surface area contributed by atoms with Crippen molar-refractivity contribution in [3.63, 3.8) is 0 Å². The van der Waals surface area contributed by atoms with Crippen LogP contribution >= 0.6 is 11.3 Å². The van der Waals surface area contributed by atoms with Crippen LogP contribution in [0.5, 0.6) is 0 Å². The van der Waals surface area contributed by atoms with Crippen molar-refractivity contribution >= 4 is 34.5 Å². The Hall–Kier alpha value is -2.34. The van der Waals surface area contributed by atoms with E-state index in [1.807, 2.05) is 28.5 Å². The van der Waals surface area contributed by atoms with Gasteiger partial charge in [0, 0.05) is 6.54 Å². The fourth-order valence-electron chi connectivity index (χ4n) is 4.72. The summed E-state index contributed by atoms with van der Waals surface area (Å²) in [7, 11) is 0. The second kappa shape index (κ2) is 7.24. The van der Waals surface area contributed by atoms with Gasteiger partial charge in [-0.1, -0.05) is 31.0 Å². The van der Waals surface area contributed by atoms with E-state index in [2.05, 4.69) is 28.8 Å². The van der Waals surface area contributed by atoms with Gasteiger partial charge in [0.1, 0.15) is 11.4 Å². The van der Waals surface area contributed by atoms with Crippen molar-refractivity contribution in [2.75, 3.05) is 23.7 Å². The number of aliphatic imine (C=N–C) groups is 1. The smallest absolute Gasteiger partial charge is 0.264 e. The van der Waals surface area contributed by atoms with Gasteiger partial charge in [-0.2, -0.15) is 0 Å². The van der Waals surface area contributed by atoms with Gasteiger partial charge in [-0.25, -0.2) is 0 Å². The zero-order valence-corrected chi connectivity index (χ0v) is 16.8. The first-order valence-electron chi connectivity index (χ1n) is 10.3. The number of carbonyl (C=O) groups excluding carboxylic acids is 1. The highest BCUT2D eigenvalue weighted by Gasteiger charge is 2.45. The molecule has 28 heavy (non-hydrogen) atoms. The minimum Gasteiger partial charge on any atom is -0.370 e. The number of nitrogens with one attached hydrogen (secondary N) is 2. The van der Waals surface area contributed by atoms with Crippen LogP contribution in [-0.2, 0) is 0 Å². The number of para-hydroxylation sites is 2. The standard InChI is InChI=1S/C22H26N4OS/c27-20(19-11-5-14-28-19)26-13-6-12-22(15-26)21(23-16-7-1-2-8-16)24-17-9-3-4-10-18(17)25-22/h3-5,9-11,14,16,25H,1-2,6-8,12-13,15H2,(H,23,24). The number of likely N-dealkylation sites (tertiary alicyclic amines) is 1. The molecule has 1 aliphatic carbocycles. The van der Waals surface area contributed by atoms with E-state index < -0.39 is 0 Å². The molecule has 2 aliphatic heterocycles. The van der Waals surface area contributed by atoms with Gasteiger partial charge in [0.2, 0.25) is 0 Å². The summed E-state index contributed by atoms with van der Waals surface area (Å²) in [5.74, 6) is 1.15. The molecule has 146 valence electrons. The number of carbonyl (C=O) groups is 1. The Morgan fingerprint density at radius 1 is 1.11 bits per heavy atom. The largest absolute Gasteiger partial charge is 0.370 e. The third-order valence-corrected chi connectivity index (χ3v) is 7.01. The maximum atomic E-state index is 13.0. The van der Waals surface area contributed by atoms with E-state index in [0.717, 1.165) is 41.5 Å².